The molecule has 0 aliphatic rings. The largest absolute Gasteiger partial charge is 0.494 e. The summed E-state index contributed by atoms with van der Waals surface area (Å²) in [5, 5.41) is 0.0413. The minimum absolute atomic E-state index is 0.0413. The van der Waals surface area contributed by atoms with Crippen molar-refractivity contribution in [2.45, 2.75) is 13.3 Å². The summed E-state index contributed by atoms with van der Waals surface area (Å²) in [6.45, 7) is 1.66. The molecule has 134 valence electrons. The molecule has 1 amide bonds. The highest BCUT2D eigenvalue weighted by molar-refractivity contribution is 7.93. The molecular weight excluding hydrogens is 371 g/mol. The van der Waals surface area contributed by atoms with Crippen LogP contribution in [0.3, 0.4) is 0 Å². The number of benzene rings is 1. The lowest BCUT2D eigenvalue weighted by Gasteiger charge is -2.22. The molecule has 0 atom stereocenters. The van der Waals surface area contributed by atoms with Gasteiger partial charge >= 0.3 is 0 Å². The Morgan fingerprint density at radius 1 is 1.32 bits per heavy atom. The molecule has 6 nitrogen and oxygen atoms in total. The fourth-order valence-electron chi connectivity index (χ4n) is 2.17. The third-order valence-corrected chi connectivity index (χ3v) is 5.30. The third kappa shape index (κ3) is 4.26. The predicted molar refractivity (Wildman–Crippen MR) is 93.1 cm³/mol. The summed E-state index contributed by atoms with van der Waals surface area (Å²) in [4.78, 5) is 16.6. The number of aromatic nitrogens is 1. The fraction of sp³-hybridized carbons (Fsp3) is 0.250. The summed E-state index contributed by atoms with van der Waals surface area (Å²) < 4.78 is 44.6. The van der Waals surface area contributed by atoms with E-state index in [1.165, 1.54) is 37.4 Å². The Balaban J connectivity index is 2.58. The zero-order valence-corrected chi connectivity index (χ0v) is 15.1. The van der Waals surface area contributed by atoms with Crippen molar-refractivity contribution in [1.82, 2.24) is 4.98 Å². The van der Waals surface area contributed by atoms with Crippen LogP contribution in [0.1, 0.15) is 23.8 Å². The normalized spacial score (nSPS) is 11.2. The number of hydrogen-bond acceptors (Lipinski definition) is 5. The van der Waals surface area contributed by atoms with E-state index >= 15 is 0 Å². The third-order valence-electron chi connectivity index (χ3n) is 3.23. The van der Waals surface area contributed by atoms with E-state index in [0.717, 1.165) is 6.07 Å². The molecule has 0 spiro atoms. The molecule has 9 heteroatoms. The molecule has 0 fully saturated rings. The minimum Gasteiger partial charge on any atom is -0.494 e. The molecule has 1 heterocycles. The lowest BCUT2D eigenvalue weighted by molar-refractivity contribution is 0.100. The van der Waals surface area contributed by atoms with E-state index in [1.807, 2.05) is 0 Å². The number of anilines is 1. The number of rotatable bonds is 6. The summed E-state index contributed by atoms with van der Waals surface area (Å²) >= 11 is 5.77. The van der Waals surface area contributed by atoms with Crippen molar-refractivity contribution in [2.75, 3.05) is 17.2 Å². The maximum absolute atomic E-state index is 14.0. The summed E-state index contributed by atoms with van der Waals surface area (Å²) in [5.41, 5.74) is -0.304. The molecule has 0 N–H and O–H groups in total. The lowest BCUT2D eigenvalue weighted by atomic mass is 10.2. The zero-order chi connectivity index (χ0) is 18.6. The van der Waals surface area contributed by atoms with Crippen LogP contribution in [-0.2, 0) is 10.0 Å². The lowest BCUT2D eigenvalue weighted by Crippen LogP contribution is -2.39. The number of halogens is 2. The van der Waals surface area contributed by atoms with E-state index in [4.69, 9.17) is 16.3 Å². The van der Waals surface area contributed by atoms with E-state index in [2.05, 4.69) is 4.98 Å². The van der Waals surface area contributed by atoms with Gasteiger partial charge in [-0.05, 0) is 30.7 Å². The molecule has 0 saturated carbocycles. The van der Waals surface area contributed by atoms with Crippen LogP contribution in [0.15, 0.2) is 36.4 Å². The van der Waals surface area contributed by atoms with Crippen LogP contribution in [-0.4, -0.2) is 32.2 Å². The van der Waals surface area contributed by atoms with Crippen LogP contribution < -0.4 is 9.04 Å². The molecular formula is C16H16ClFN2O4S. The van der Waals surface area contributed by atoms with Crippen LogP contribution in [0.5, 0.6) is 5.75 Å². The maximum Gasteiger partial charge on any atom is 0.290 e. The van der Waals surface area contributed by atoms with Gasteiger partial charge < -0.3 is 4.74 Å². The minimum atomic E-state index is -4.03. The zero-order valence-electron chi connectivity index (χ0n) is 13.6. The van der Waals surface area contributed by atoms with Gasteiger partial charge in [0.1, 0.15) is 10.8 Å². The van der Waals surface area contributed by atoms with E-state index in [-0.39, 0.29) is 34.5 Å². The predicted octanol–water partition coefficient (Wildman–Crippen LogP) is 3.27. The monoisotopic (exact) mass is 386 g/mol. The first-order valence-electron chi connectivity index (χ1n) is 7.33. The molecule has 0 radical (unpaired) electrons. The first kappa shape index (κ1) is 19.1. The van der Waals surface area contributed by atoms with Crippen LogP contribution in [0, 0.1) is 5.82 Å². The van der Waals surface area contributed by atoms with Gasteiger partial charge in [-0.25, -0.2) is 22.1 Å². The molecule has 0 aliphatic heterocycles. The van der Waals surface area contributed by atoms with Crippen molar-refractivity contribution in [3.63, 3.8) is 0 Å². The van der Waals surface area contributed by atoms with Gasteiger partial charge in [0, 0.05) is 6.07 Å². The number of hydrogen-bond donors (Lipinski definition) is 0. The van der Waals surface area contributed by atoms with Gasteiger partial charge in [-0.15, -0.1) is 0 Å². The first-order chi connectivity index (χ1) is 11.8. The van der Waals surface area contributed by atoms with Gasteiger partial charge in [0.05, 0.1) is 18.6 Å². The van der Waals surface area contributed by atoms with Crippen LogP contribution in [0.4, 0.5) is 10.1 Å². The average Bonchev–Trinajstić information content (AvgIpc) is 2.54. The second kappa shape index (κ2) is 7.79. The number of sulfonamides is 1. The van der Waals surface area contributed by atoms with Gasteiger partial charge in [0.25, 0.3) is 5.91 Å². The molecule has 2 rings (SSSR count). The Morgan fingerprint density at radius 2 is 2.04 bits per heavy atom. The van der Waals surface area contributed by atoms with Crippen LogP contribution in [0.2, 0.25) is 5.15 Å². The topological polar surface area (TPSA) is 76.6 Å². The van der Waals surface area contributed by atoms with Crippen molar-refractivity contribution < 1.29 is 22.3 Å². The van der Waals surface area contributed by atoms with Crippen molar-refractivity contribution >= 4 is 33.2 Å². The Kier molecular flexibility index (Phi) is 5.97. The van der Waals surface area contributed by atoms with E-state index in [9.17, 15) is 17.6 Å². The van der Waals surface area contributed by atoms with Gasteiger partial charge in [-0.1, -0.05) is 24.6 Å². The molecule has 1 aromatic heterocycles. The number of carbonyl (C=O) groups excluding carboxylic acids is 1. The summed E-state index contributed by atoms with van der Waals surface area (Å²) in [7, 11) is -2.75. The van der Waals surface area contributed by atoms with Gasteiger partial charge in [-0.2, -0.15) is 0 Å². The first-order valence-corrected chi connectivity index (χ1v) is 9.32. The molecule has 25 heavy (non-hydrogen) atoms. The standard InChI is InChI=1S/C16H16ClFN2O4S/c1-3-9-25(22,23)20(11-7-8-14(24-2)12(18)10-11)16(21)13-5-4-6-15(17)19-13/h4-8,10H,3,9H2,1-2H3. The second-order valence-electron chi connectivity index (χ2n) is 5.05. The molecule has 0 saturated heterocycles. The van der Waals surface area contributed by atoms with Crippen molar-refractivity contribution in [1.29, 1.82) is 0 Å². The second-order valence-corrected chi connectivity index (χ2v) is 7.37. The number of methoxy groups -OCH3 is 1. The summed E-state index contributed by atoms with van der Waals surface area (Å²) in [5.74, 6) is -2.05. The fourth-order valence-corrected chi connectivity index (χ4v) is 3.81. The highest BCUT2D eigenvalue weighted by Gasteiger charge is 2.31. The molecule has 2 aromatic rings. The Hall–Kier alpha value is -2.19. The molecule has 0 unspecified atom stereocenters. The SMILES string of the molecule is CCCS(=O)(=O)N(C(=O)c1cccc(Cl)n1)c1ccc(OC)c(F)c1. The van der Waals surface area contributed by atoms with Crippen LogP contribution in [0.25, 0.3) is 0 Å². The molecule has 0 aliphatic carbocycles. The Labute approximate surface area is 150 Å². The summed E-state index contributed by atoms with van der Waals surface area (Å²) in [6.07, 6.45) is 0.285. The van der Waals surface area contributed by atoms with Crippen molar-refractivity contribution in [2.24, 2.45) is 0 Å². The number of amides is 1. The highest BCUT2D eigenvalue weighted by Crippen LogP contribution is 2.27. The number of pyridine rings is 1. The Bertz CT molecular complexity index is 889. The van der Waals surface area contributed by atoms with Gasteiger partial charge in [-0.3, -0.25) is 4.79 Å². The number of nitrogens with zero attached hydrogens (tertiary/aromatic N) is 2. The van der Waals surface area contributed by atoms with E-state index < -0.39 is 21.7 Å². The van der Waals surface area contributed by atoms with E-state index in [0.29, 0.717) is 4.31 Å². The maximum atomic E-state index is 14.0. The Morgan fingerprint density at radius 3 is 2.60 bits per heavy atom. The average molecular weight is 387 g/mol. The summed E-state index contributed by atoms with van der Waals surface area (Å²) in [6, 6.07) is 7.73. The smallest absolute Gasteiger partial charge is 0.290 e. The molecule has 0 bridgehead atoms. The quantitative estimate of drug-likeness (QED) is 0.712. The van der Waals surface area contributed by atoms with Crippen molar-refractivity contribution in [3.8, 4) is 5.75 Å². The van der Waals surface area contributed by atoms with Gasteiger partial charge in [0.2, 0.25) is 10.0 Å². The van der Waals surface area contributed by atoms with Crippen LogP contribution >= 0.6 is 11.6 Å². The number of carbonyl (C=O) groups is 1. The molecule has 1 aromatic carbocycles. The van der Waals surface area contributed by atoms with Gasteiger partial charge in [0.15, 0.2) is 11.6 Å². The van der Waals surface area contributed by atoms with Crippen molar-refractivity contribution in [3.05, 3.63) is 53.1 Å². The number of ether oxygens (including phenoxy) is 1. The van der Waals surface area contributed by atoms with E-state index in [1.54, 1.807) is 6.92 Å². The highest BCUT2D eigenvalue weighted by atomic mass is 35.5.